The van der Waals surface area contributed by atoms with E-state index in [9.17, 15) is 0 Å². The lowest BCUT2D eigenvalue weighted by molar-refractivity contribution is 1.18. The van der Waals surface area contributed by atoms with Crippen molar-refractivity contribution in [3.63, 3.8) is 0 Å². The zero-order valence-corrected chi connectivity index (χ0v) is 31.4. The van der Waals surface area contributed by atoms with E-state index in [1.165, 1.54) is 104 Å². The number of aromatic nitrogens is 3. The van der Waals surface area contributed by atoms with Gasteiger partial charge in [0.1, 0.15) is 0 Å². The van der Waals surface area contributed by atoms with Crippen molar-refractivity contribution in [2.24, 2.45) is 0 Å². The van der Waals surface area contributed by atoms with E-state index in [2.05, 4.69) is 209 Å². The molecule has 3 heteroatoms. The average Bonchev–Trinajstić information content (AvgIpc) is 3.93. The monoisotopic (exact) mass is 735 g/mol. The van der Waals surface area contributed by atoms with Gasteiger partial charge < -0.3 is 9.13 Å². The lowest BCUT2D eigenvalue weighted by atomic mass is 9.98. The molecule has 0 spiro atoms. The SMILES string of the molecule is c1ccc(-n2c3ccccc3c3cc(-c4ccc5c(ccc6c7ccccc7n(-c7cccc(-c8ncc9c%10c(cccc8%10)-c8ccccc8-9)c7)c56)c4)ccc32)cc1. The third kappa shape index (κ3) is 4.36. The van der Waals surface area contributed by atoms with Gasteiger partial charge >= 0.3 is 0 Å². The summed E-state index contributed by atoms with van der Waals surface area (Å²) in [7, 11) is 0. The Labute approximate surface area is 334 Å². The van der Waals surface area contributed by atoms with E-state index >= 15 is 0 Å². The van der Waals surface area contributed by atoms with Crippen molar-refractivity contribution in [3.05, 3.63) is 200 Å². The Kier molecular flexibility index (Phi) is 6.44. The summed E-state index contributed by atoms with van der Waals surface area (Å²) < 4.78 is 4.83. The topological polar surface area (TPSA) is 22.8 Å². The molecule has 13 rings (SSSR count). The number of hydrogen-bond donors (Lipinski definition) is 0. The maximum Gasteiger partial charge on any atom is 0.0781 e. The first kappa shape index (κ1) is 31.5. The molecule has 12 aromatic rings. The Balaban J connectivity index is 0.978. The van der Waals surface area contributed by atoms with Crippen LogP contribution in [0.15, 0.2) is 200 Å². The summed E-state index contributed by atoms with van der Waals surface area (Å²) in [6, 6.07) is 71.0. The van der Waals surface area contributed by atoms with Crippen molar-refractivity contribution in [3.8, 4) is 56.0 Å². The Bertz CT molecular complexity index is 3650. The van der Waals surface area contributed by atoms with Gasteiger partial charge in [-0.2, -0.15) is 0 Å². The molecule has 1 aliphatic rings. The van der Waals surface area contributed by atoms with Crippen molar-refractivity contribution < 1.29 is 0 Å². The summed E-state index contributed by atoms with van der Waals surface area (Å²) in [5.41, 5.74) is 16.7. The van der Waals surface area contributed by atoms with Crippen molar-refractivity contribution in [1.29, 1.82) is 0 Å². The summed E-state index contributed by atoms with van der Waals surface area (Å²) in [5, 5.41) is 9.93. The predicted molar refractivity (Wildman–Crippen MR) is 243 cm³/mol. The molecule has 0 bridgehead atoms. The van der Waals surface area contributed by atoms with Crippen LogP contribution in [-0.2, 0) is 0 Å². The molecule has 3 aromatic heterocycles. The summed E-state index contributed by atoms with van der Waals surface area (Å²) in [6.45, 7) is 0. The largest absolute Gasteiger partial charge is 0.309 e. The highest BCUT2D eigenvalue weighted by atomic mass is 15.0. The minimum absolute atomic E-state index is 1.01. The highest BCUT2D eigenvalue weighted by molar-refractivity contribution is 6.20. The van der Waals surface area contributed by atoms with Gasteiger partial charge in [-0.15, -0.1) is 0 Å². The Morgan fingerprint density at radius 1 is 0.328 bits per heavy atom. The normalized spacial score (nSPS) is 12.1. The maximum absolute atomic E-state index is 5.16. The highest BCUT2D eigenvalue weighted by Crippen LogP contribution is 2.49. The Hall–Kier alpha value is -7.75. The first-order valence-electron chi connectivity index (χ1n) is 20.0. The molecule has 1 aliphatic carbocycles. The van der Waals surface area contributed by atoms with Gasteiger partial charge in [-0.1, -0.05) is 140 Å². The zero-order chi connectivity index (χ0) is 37.9. The molecule has 0 saturated carbocycles. The fourth-order valence-corrected chi connectivity index (χ4v) is 9.95. The molecule has 0 saturated heterocycles. The summed E-state index contributed by atoms with van der Waals surface area (Å²) >= 11 is 0. The molecule has 268 valence electrons. The van der Waals surface area contributed by atoms with E-state index in [4.69, 9.17) is 4.98 Å². The Morgan fingerprint density at radius 3 is 1.81 bits per heavy atom. The van der Waals surface area contributed by atoms with Gasteiger partial charge in [-0.25, -0.2) is 0 Å². The molecule has 0 radical (unpaired) electrons. The van der Waals surface area contributed by atoms with E-state index in [1.807, 2.05) is 0 Å². The van der Waals surface area contributed by atoms with Gasteiger partial charge in [0.05, 0.1) is 27.8 Å². The third-order valence-corrected chi connectivity index (χ3v) is 12.5. The van der Waals surface area contributed by atoms with Gasteiger partial charge in [0, 0.05) is 66.4 Å². The van der Waals surface area contributed by atoms with Crippen molar-refractivity contribution in [1.82, 2.24) is 14.1 Å². The van der Waals surface area contributed by atoms with Crippen molar-refractivity contribution >= 4 is 65.2 Å². The van der Waals surface area contributed by atoms with Crippen LogP contribution in [0.1, 0.15) is 0 Å². The lowest BCUT2D eigenvalue weighted by Gasteiger charge is -2.13. The minimum Gasteiger partial charge on any atom is -0.309 e. The van der Waals surface area contributed by atoms with Crippen LogP contribution in [0.4, 0.5) is 0 Å². The quantitative estimate of drug-likeness (QED) is 0.176. The van der Waals surface area contributed by atoms with Crippen molar-refractivity contribution in [2.75, 3.05) is 0 Å². The number of pyridine rings is 1. The van der Waals surface area contributed by atoms with Crippen LogP contribution in [-0.4, -0.2) is 14.1 Å². The Morgan fingerprint density at radius 2 is 0.948 bits per heavy atom. The molecule has 58 heavy (non-hydrogen) atoms. The van der Waals surface area contributed by atoms with Gasteiger partial charge in [0.15, 0.2) is 0 Å². The zero-order valence-electron chi connectivity index (χ0n) is 31.4. The fraction of sp³-hybridized carbons (Fsp3) is 0. The number of nitrogens with zero attached hydrogens (tertiary/aromatic N) is 3. The van der Waals surface area contributed by atoms with Gasteiger partial charge in [-0.3, -0.25) is 4.98 Å². The summed E-state index contributed by atoms with van der Waals surface area (Å²) in [5.74, 6) is 0. The summed E-state index contributed by atoms with van der Waals surface area (Å²) in [6.07, 6.45) is 2.07. The van der Waals surface area contributed by atoms with E-state index in [-0.39, 0.29) is 0 Å². The second kappa shape index (κ2) is 11.9. The molecule has 3 nitrogen and oxygen atoms in total. The molecular formula is C55H33N3. The maximum atomic E-state index is 5.16. The lowest BCUT2D eigenvalue weighted by Crippen LogP contribution is -1.96. The first-order valence-corrected chi connectivity index (χ1v) is 20.0. The van der Waals surface area contributed by atoms with E-state index in [1.54, 1.807) is 0 Å². The molecule has 0 N–H and O–H groups in total. The second-order valence-corrected chi connectivity index (χ2v) is 15.5. The van der Waals surface area contributed by atoms with Crippen LogP contribution in [0, 0.1) is 0 Å². The smallest absolute Gasteiger partial charge is 0.0781 e. The second-order valence-electron chi connectivity index (χ2n) is 15.5. The number of hydrogen-bond acceptors (Lipinski definition) is 1. The van der Waals surface area contributed by atoms with Gasteiger partial charge in [-0.05, 0) is 87.8 Å². The summed E-state index contributed by atoms with van der Waals surface area (Å²) in [4.78, 5) is 5.16. The molecule has 0 unspecified atom stereocenters. The molecule has 9 aromatic carbocycles. The van der Waals surface area contributed by atoms with Crippen LogP contribution in [0.3, 0.4) is 0 Å². The predicted octanol–water partition coefficient (Wildman–Crippen LogP) is 14.6. The highest BCUT2D eigenvalue weighted by Gasteiger charge is 2.24. The van der Waals surface area contributed by atoms with Crippen LogP contribution in [0.2, 0.25) is 0 Å². The minimum atomic E-state index is 1.01. The van der Waals surface area contributed by atoms with Crippen LogP contribution in [0.25, 0.3) is 121 Å². The van der Waals surface area contributed by atoms with E-state index in [0.29, 0.717) is 0 Å². The number of benzene rings is 9. The number of rotatable bonds is 4. The van der Waals surface area contributed by atoms with Crippen LogP contribution in [0.5, 0.6) is 0 Å². The standard InChI is InChI=1S/C55H33N3/c1-2-13-38(14-3-1)57-50-22-8-7-19-44(50)48-32-35(26-29-52(48)57)34-24-27-40-36(30-34)25-28-46-43-18-6-9-23-51(43)58(55(40)46)39-15-10-12-37(31-39)54-47-21-11-20-45-41-16-4-5-17-42(41)49(33-56-54)53(45)47/h1-33H. The molecule has 0 fully saturated rings. The molecule has 0 atom stereocenters. The fourth-order valence-electron chi connectivity index (χ4n) is 9.95. The number of fused-ring (bicyclic) bond motifs is 11. The first-order chi connectivity index (χ1) is 28.8. The van der Waals surface area contributed by atoms with Crippen LogP contribution >= 0.6 is 0 Å². The third-order valence-electron chi connectivity index (χ3n) is 12.5. The van der Waals surface area contributed by atoms with Crippen LogP contribution < -0.4 is 0 Å². The van der Waals surface area contributed by atoms with Gasteiger partial charge in [0.2, 0.25) is 0 Å². The molecule has 0 aliphatic heterocycles. The molecule has 3 heterocycles. The number of para-hydroxylation sites is 3. The van der Waals surface area contributed by atoms with Gasteiger partial charge in [0.25, 0.3) is 0 Å². The van der Waals surface area contributed by atoms with Crippen molar-refractivity contribution in [2.45, 2.75) is 0 Å². The average molecular weight is 736 g/mol. The molecular weight excluding hydrogens is 703 g/mol. The molecule has 0 amide bonds. The van der Waals surface area contributed by atoms with E-state index < -0.39 is 0 Å². The van der Waals surface area contributed by atoms with E-state index in [0.717, 1.165) is 16.9 Å².